The lowest BCUT2D eigenvalue weighted by atomic mass is 10.0. The van der Waals surface area contributed by atoms with Crippen LogP contribution in [0.3, 0.4) is 0 Å². The molecule has 0 aromatic heterocycles. The van der Waals surface area contributed by atoms with Gasteiger partial charge in [-0.25, -0.2) is 5.48 Å². The maximum Gasteiger partial charge on any atom is 0.257 e. The minimum absolute atomic E-state index is 0.246. The fraction of sp³-hybridized carbons (Fsp3) is 0.462. The van der Waals surface area contributed by atoms with Crippen molar-refractivity contribution in [2.75, 3.05) is 26.2 Å². The zero-order valence-corrected chi connectivity index (χ0v) is 10.3. The normalized spacial score (nSPS) is 20.6. The number of carbonyl (C=O) groups is 1. The van der Waals surface area contributed by atoms with Gasteiger partial charge in [0.15, 0.2) is 0 Å². The molecule has 0 saturated carbocycles. The van der Waals surface area contributed by atoms with Crippen LogP contribution in [0.5, 0.6) is 0 Å². The molecule has 98 valence electrons. The fourth-order valence-electron chi connectivity index (χ4n) is 2.32. The van der Waals surface area contributed by atoms with Crippen LogP contribution < -0.4 is 10.8 Å². The lowest BCUT2D eigenvalue weighted by Crippen LogP contribution is -2.54. The third-order valence-corrected chi connectivity index (χ3v) is 3.26. The highest BCUT2D eigenvalue weighted by Crippen LogP contribution is 2.10. The molecule has 1 unspecified atom stereocenters. The number of piperazine rings is 1. The Morgan fingerprint density at radius 1 is 1.44 bits per heavy atom. The highest BCUT2D eigenvalue weighted by atomic mass is 16.5. The molecule has 1 aliphatic rings. The second kappa shape index (κ2) is 6.49. The molecule has 18 heavy (non-hydrogen) atoms. The highest BCUT2D eigenvalue weighted by Gasteiger charge is 2.23. The van der Waals surface area contributed by atoms with Gasteiger partial charge in [0.1, 0.15) is 0 Å². The Balaban J connectivity index is 1.97. The first kappa shape index (κ1) is 13.0. The molecule has 1 aromatic carbocycles. The van der Waals surface area contributed by atoms with Crippen molar-refractivity contribution < 1.29 is 10.0 Å². The van der Waals surface area contributed by atoms with Crippen LogP contribution in [-0.2, 0) is 11.2 Å². The molecule has 3 N–H and O–H groups in total. The van der Waals surface area contributed by atoms with E-state index in [2.05, 4.69) is 22.3 Å². The molecule has 0 radical (unpaired) electrons. The predicted octanol–water partition coefficient (Wildman–Crippen LogP) is 0.00830. The molecule has 2 rings (SSSR count). The van der Waals surface area contributed by atoms with Crippen LogP contribution in [0.2, 0.25) is 0 Å². The van der Waals surface area contributed by atoms with Crippen molar-refractivity contribution in [1.29, 1.82) is 0 Å². The van der Waals surface area contributed by atoms with Crippen LogP contribution in [0, 0.1) is 0 Å². The lowest BCUT2D eigenvalue weighted by Gasteiger charge is -2.35. The molecule has 1 saturated heterocycles. The second-order valence-corrected chi connectivity index (χ2v) is 4.55. The van der Waals surface area contributed by atoms with E-state index in [0.717, 1.165) is 26.1 Å². The standard InChI is InChI=1S/C13H19N3O2/c17-13(15-18)10-16-7-6-14-9-12(16)8-11-4-2-1-3-5-11/h1-5,12,14,18H,6-10H2,(H,15,17). The van der Waals surface area contributed by atoms with Crippen LogP contribution in [0.1, 0.15) is 5.56 Å². The van der Waals surface area contributed by atoms with Crippen LogP contribution in [0.4, 0.5) is 0 Å². The van der Waals surface area contributed by atoms with Crippen molar-refractivity contribution in [3.8, 4) is 0 Å². The molecule has 5 nitrogen and oxygen atoms in total. The Bertz CT molecular complexity index is 383. The maximum atomic E-state index is 11.3. The first-order valence-corrected chi connectivity index (χ1v) is 6.21. The van der Waals surface area contributed by atoms with Gasteiger partial charge in [-0.1, -0.05) is 30.3 Å². The van der Waals surface area contributed by atoms with Gasteiger partial charge in [-0.15, -0.1) is 0 Å². The van der Waals surface area contributed by atoms with Gasteiger partial charge in [0.05, 0.1) is 6.54 Å². The summed E-state index contributed by atoms with van der Waals surface area (Å²) >= 11 is 0. The van der Waals surface area contributed by atoms with E-state index in [-0.39, 0.29) is 12.5 Å². The van der Waals surface area contributed by atoms with Crippen LogP contribution in [-0.4, -0.2) is 48.2 Å². The number of rotatable bonds is 4. The largest absolute Gasteiger partial charge is 0.314 e. The summed E-state index contributed by atoms with van der Waals surface area (Å²) in [7, 11) is 0. The van der Waals surface area contributed by atoms with Crippen molar-refractivity contribution in [2.24, 2.45) is 0 Å². The molecule has 1 heterocycles. The molecule has 5 heteroatoms. The molecule has 1 amide bonds. The van der Waals surface area contributed by atoms with Gasteiger partial charge >= 0.3 is 0 Å². The van der Waals surface area contributed by atoms with Gasteiger partial charge in [-0.05, 0) is 12.0 Å². The number of nitrogens with one attached hydrogen (secondary N) is 2. The number of amides is 1. The van der Waals surface area contributed by atoms with E-state index in [1.807, 2.05) is 18.2 Å². The molecule has 0 spiro atoms. The quantitative estimate of drug-likeness (QED) is 0.519. The third-order valence-electron chi connectivity index (χ3n) is 3.26. The Kier molecular flexibility index (Phi) is 4.69. The summed E-state index contributed by atoms with van der Waals surface area (Å²) in [5.41, 5.74) is 2.96. The molecule has 1 aliphatic heterocycles. The lowest BCUT2D eigenvalue weighted by molar-refractivity contribution is -0.131. The zero-order valence-electron chi connectivity index (χ0n) is 10.3. The third kappa shape index (κ3) is 3.53. The van der Waals surface area contributed by atoms with Crippen molar-refractivity contribution in [2.45, 2.75) is 12.5 Å². The summed E-state index contributed by atoms with van der Waals surface area (Å²) in [6, 6.07) is 10.5. The first-order valence-electron chi connectivity index (χ1n) is 6.21. The smallest absolute Gasteiger partial charge is 0.257 e. The maximum absolute atomic E-state index is 11.3. The van der Waals surface area contributed by atoms with E-state index < -0.39 is 0 Å². The Morgan fingerprint density at radius 3 is 2.94 bits per heavy atom. The summed E-state index contributed by atoms with van der Waals surface area (Å²) < 4.78 is 0. The van der Waals surface area contributed by atoms with Gasteiger partial charge < -0.3 is 5.32 Å². The summed E-state index contributed by atoms with van der Waals surface area (Å²) in [6.07, 6.45) is 0.909. The number of hydrogen-bond acceptors (Lipinski definition) is 4. The number of hydroxylamine groups is 1. The second-order valence-electron chi connectivity index (χ2n) is 4.55. The van der Waals surface area contributed by atoms with E-state index in [9.17, 15) is 4.79 Å². The van der Waals surface area contributed by atoms with Gasteiger partial charge in [-0.3, -0.25) is 14.9 Å². The molecule has 1 atom stereocenters. The molecule has 0 bridgehead atoms. The Labute approximate surface area is 107 Å². The van der Waals surface area contributed by atoms with E-state index in [0.29, 0.717) is 6.04 Å². The number of benzene rings is 1. The van der Waals surface area contributed by atoms with Gasteiger partial charge in [0.25, 0.3) is 5.91 Å². The van der Waals surface area contributed by atoms with Crippen molar-refractivity contribution in [1.82, 2.24) is 15.7 Å². The van der Waals surface area contributed by atoms with Crippen LogP contribution in [0.25, 0.3) is 0 Å². The van der Waals surface area contributed by atoms with E-state index in [1.165, 1.54) is 5.56 Å². The Morgan fingerprint density at radius 2 is 2.22 bits per heavy atom. The van der Waals surface area contributed by atoms with Gasteiger partial charge in [-0.2, -0.15) is 0 Å². The first-order chi connectivity index (χ1) is 8.79. The topological polar surface area (TPSA) is 64.6 Å². The average Bonchev–Trinajstić information content (AvgIpc) is 2.42. The van der Waals surface area contributed by atoms with Crippen LogP contribution >= 0.6 is 0 Å². The summed E-state index contributed by atoms with van der Waals surface area (Å²) in [5.74, 6) is -0.352. The SMILES string of the molecule is O=C(CN1CCNCC1Cc1ccccc1)NO. The predicted molar refractivity (Wildman–Crippen MR) is 68.3 cm³/mol. The molecule has 1 aromatic rings. The van der Waals surface area contributed by atoms with E-state index in [1.54, 1.807) is 5.48 Å². The van der Waals surface area contributed by atoms with Crippen molar-refractivity contribution in [3.05, 3.63) is 35.9 Å². The summed E-state index contributed by atoms with van der Waals surface area (Å²) in [6.45, 7) is 2.82. The summed E-state index contributed by atoms with van der Waals surface area (Å²) in [4.78, 5) is 13.4. The van der Waals surface area contributed by atoms with Crippen molar-refractivity contribution in [3.63, 3.8) is 0 Å². The van der Waals surface area contributed by atoms with Gasteiger partial charge in [0, 0.05) is 25.7 Å². The minimum Gasteiger partial charge on any atom is -0.314 e. The summed E-state index contributed by atoms with van der Waals surface area (Å²) in [5, 5.41) is 11.9. The number of carbonyl (C=O) groups excluding carboxylic acids is 1. The minimum atomic E-state index is -0.352. The van der Waals surface area contributed by atoms with Crippen molar-refractivity contribution >= 4 is 5.91 Å². The van der Waals surface area contributed by atoms with Gasteiger partial charge in [0.2, 0.25) is 0 Å². The van der Waals surface area contributed by atoms with E-state index in [4.69, 9.17) is 5.21 Å². The molecule has 0 aliphatic carbocycles. The van der Waals surface area contributed by atoms with E-state index >= 15 is 0 Å². The molecule has 1 fully saturated rings. The Hall–Kier alpha value is -1.43. The monoisotopic (exact) mass is 249 g/mol. The number of nitrogens with zero attached hydrogens (tertiary/aromatic N) is 1. The molecular formula is C13H19N3O2. The fourth-order valence-corrected chi connectivity index (χ4v) is 2.32. The zero-order chi connectivity index (χ0) is 12.8. The molecular weight excluding hydrogens is 230 g/mol. The average molecular weight is 249 g/mol. The number of hydrogen-bond donors (Lipinski definition) is 3. The van der Waals surface area contributed by atoms with Crippen LogP contribution in [0.15, 0.2) is 30.3 Å². The highest BCUT2D eigenvalue weighted by molar-refractivity contribution is 5.76.